The van der Waals surface area contributed by atoms with Crippen molar-refractivity contribution in [3.8, 4) is 0 Å². The summed E-state index contributed by atoms with van der Waals surface area (Å²) in [5.74, 6) is 1.39. The van der Waals surface area contributed by atoms with Gasteiger partial charge in [-0.2, -0.15) is 0 Å². The molecule has 120 valence electrons. The van der Waals surface area contributed by atoms with Crippen LogP contribution in [0.4, 0.5) is 0 Å². The fourth-order valence-electron chi connectivity index (χ4n) is 3.52. The Morgan fingerprint density at radius 1 is 1.26 bits per heavy atom. The molecule has 4 rings (SSSR count). The van der Waals surface area contributed by atoms with Gasteiger partial charge in [-0.15, -0.1) is 0 Å². The van der Waals surface area contributed by atoms with E-state index < -0.39 is 0 Å². The minimum Gasteiger partial charge on any atom is -0.310 e. The first-order valence-electron chi connectivity index (χ1n) is 8.51. The molecule has 1 aliphatic heterocycles. The van der Waals surface area contributed by atoms with Crippen LogP contribution in [-0.2, 0) is 19.5 Å². The van der Waals surface area contributed by atoms with Gasteiger partial charge >= 0.3 is 0 Å². The Balaban J connectivity index is 1.60. The van der Waals surface area contributed by atoms with E-state index in [9.17, 15) is 4.79 Å². The number of nitrogens with one attached hydrogen (secondary N) is 1. The zero-order valence-electron chi connectivity index (χ0n) is 13.9. The quantitative estimate of drug-likeness (QED) is 0.948. The van der Waals surface area contributed by atoms with Crippen LogP contribution in [-0.4, -0.2) is 21.4 Å². The van der Waals surface area contributed by atoms with Crippen LogP contribution in [0.1, 0.15) is 52.5 Å². The Kier molecular flexibility index (Phi) is 3.57. The maximum Gasteiger partial charge on any atom is 0.254 e. The highest BCUT2D eigenvalue weighted by Crippen LogP contribution is 2.37. The van der Waals surface area contributed by atoms with Gasteiger partial charge in [0.25, 0.3) is 5.56 Å². The number of nitrogens with zero attached hydrogens (tertiary/aromatic N) is 2. The summed E-state index contributed by atoms with van der Waals surface area (Å²) < 4.78 is 0. The molecule has 1 saturated carbocycles. The number of aromatic amines is 1. The van der Waals surface area contributed by atoms with Crippen molar-refractivity contribution in [3.05, 3.63) is 62.3 Å². The van der Waals surface area contributed by atoms with E-state index >= 15 is 0 Å². The lowest BCUT2D eigenvalue weighted by atomic mass is 10.0. The lowest BCUT2D eigenvalue weighted by molar-refractivity contribution is 0.239. The van der Waals surface area contributed by atoms with E-state index in [1.54, 1.807) is 0 Å². The van der Waals surface area contributed by atoms with Crippen molar-refractivity contribution in [2.75, 3.05) is 6.54 Å². The number of hydrogen-bond acceptors (Lipinski definition) is 3. The summed E-state index contributed by atoms with van der Waals surface area (Å²) in [7, 11) is 0. The molecule has 2 aromatic rings. The lowest BCUT2D eigenvalue weighted by Crippen LogP contribution is -2.35. The van der Waals surface area contributed by atoms with Crippen LogP contribution in [0.25, 0.3) is 0 Å². The molecule has 1 N–H and O–H groups in total. The molecule has 2 heterocycles. The SMILES string of the molecule is Cc1cccc(C)c1CN1CCc2c(nc(C3CC3)[nH]c2=O)C1. The summed E-state index contributed by atoms with van der Waals surface area (Å²) in [6, 6.07) is 6.46. The molecule has 4 heteroatoms. The number of H-pyrrole nitrogens is 1. The molecule has 2 aliphatic rings. The molecule has 0 amide bonds. The van der Waals surface area contributed by atoms with Gasteiger partial charge in [-0.1, -0.05) is 18.2 Å². The third kappa shape index (κ3) is 2.83. The molecule has 1 aliphatic carbocycles. The molecule has 1 aromatic heterocycles. The monoisotopic (exact) mass is 309 g/mol. The Morgan fingerprint density at radius 2 is 2.00 bits per heavy atom. The zero-order chi connectivity index (χ0) is 16.0. The Bertz CT molecular complexity index is 784. The van der Waals surface area contributed by atoms with Gasteiger partial charge in [0.2, 0.25) is 0 Å². The fraction of sp³-hybridized carbons (Fsp3) is 0.474. The first-order valence-corrected chi connectivity index (χ1v) is 8.51. The predicted octanol–water partition coefficient (Wildman–Crippen LogP) is 2.82. The van der Waals surface area contributed by atoms with E-state index in [1.807, 2.05) is 0 Å². The maximum atomic E-state index is 12.3. The predicted molar refractivity (Wildman–Crippen MR) is 90.6 cm³/mol. The Hall–Kier alpha value is -1.94. The van der Waals surface area contributed by atoms with Gasteiger partial charge in [0.15, 0.2) is 0 Å². The minimum absolute atomic E-state index is 0.0867. The van der Waals surface area contributed by atoms with Crippen molar-refractivity contribution in [2.45, 2.75) is 52.1 Å². The lowest BCUT2D eigenvalue weighted by Gasteiger charge is -2.28. The molecule has 0 radical (unpaired) electrons. The molecule has 0 atom stereocenters. The first kappa shape index (κ1) is 14.6. The standard InChI is InChI=1S/C19H23N3O/c1-12-4-3-5-13(2)16(12)10-22-9-8-15-17(11-22)20-18(14-6-7-14)21-19(15)23/h3-5,14H,6-11H2,1-2H3,(H,20,21,23). The van der Waals surface area contributed by atoms with Crippen molar-refractivity contribution in [2.24, 2.45) is 0 Å². The van der Waals surface area contributed by atoms with Gasteiger partial charge in [-0.05, 0) is 49.8 Å². The second kappa shape index (κ2) is 5.60. The van der Waals surface area contributed by atoms with Gasteiger partial charge in [0.05, 0.1) is 5.69 Å². The Labute approximate surface area is 136 Å². The fourth-order valence-corrected chi connectivity index (χ4v) is 3.52. The molecular formula is C19H23N3O. The molecule has 0 bridgehead atoms. The average Bonchev–Trinajstić information content (AvgIpc) is 3.35. The van der Waals surface area contributed by atoms with E-state index in [2.05, 4.69) is 41.9 Å². The maximum absolute atomic E-state index is 12.3. The highest BCUT2D eigenvalue weighted by atomic mass is 16.1. The highest BCUT2D eigenvalue weighted by Gasteiger charge is 2.29. The molecule has 1 aromatic carbocycles. The van der Waals surface area contributed by atoms with Crippen LogP contribution in [0, 0.1) is 13.8 Å². The van der Waals surface area contributed by atoms with Crippen LogP contribution >= 0.6 is 0 Å². The second-order valence-corrected chi connectivity index (χ2v) is 6.98. The summed E-state index contributed by atoms with van der Waals surface area (Å²) >= 11 is 0. The van der Waals surface area contributed by atoms with Gasteiger partial charge < -0.3 is 4.98 Å². The number of rotatable bonds is 3. The van der Waals surface area contributed by atoms with Crippen molar-refractivity contribution in [1.29, 1.82) is 0 Å². The van der Waals surface area contributed by atoms with E-state index in [0.29, 0.717) is 5.92 Å². The van der Waals surface area contributed by atoms with Gasteiger partial charge in [-0.3, -0.25) is 9.69 Å². The number of aromatic nitrogens is 2. The largest absolute Gasteiger partial charge is 0.310 e. The number of aryl methyl sites for hydroxylation is 2. The molecule has 23 heavy (non-hydrogen) atoms. The summed E-state index contributed by atoms with van der Waals surface area (Å²) in [5, 5.41) is 0. The molecule has 0 saturated heterocycles. The number of benzene rings is 1. The van der Waals surface area contributed by atoms with Crippen LogP contribution in [0.3, 0.4) is 0 Å². The zero-order valence-corrected chi connectivity index (χ0v) is 13.9. The molecule has 4 nitrogen and oxygen atoms in total. The first-order chi connectivity index (χ1) is 11.1. The summed E-state index contributed by atoms with van der Waals surface area (Å²) in [5.41, 5.74) is 6.06. The highest BCUT2D eigenvalue weighted by molar-refractivity contribution is 5.33. The van der Waals surface area contributed by atoms with Crippen molar-refractivity contribution in [1.82, 2.24) is 14.9 Å². The van der Waals surface area contributed by atoms with Crippen LogP contribution < -0.4 is 5.56 Å². The third-order valence-electron chi connectivity index (χ3n) is 5.16. The Morgan fingerprint density at radius 3 is 2.70 bits per heavy atom. The second-order valence-electron chi connectivity index (χ2n) is 6.98. The smallest absolute Gasteiger partial charge is 0.254 e. The molecule has 0 spiro atoms. The van der Waals surface area contributed by atoms with Crippen LogP contribution in [0.2, 0.25) is 0 Å². The molecule has 0 unspecified atom stereocenters. The summed E-state index contributed by atoms with van der Waals surface area (Å²) in [6.07, 6.45) is 3.12. The molecule has 1 fully saturated rings. The summed E-state index contributed by atoms with van der Waals surface area (Å²) in [4.78, 5) is 22.5. The van der Waals surface area contributed by atoms with Crippen molar-refractivity contribution in [3.63, 3.8) is 0 Å². The van der Waals surface area contributed by atoms with E-state index in [0.717, 1.165) is 56.0 Å². The third-order valence-corrected chi connectivity index (χ3v) is 5.16. The minimum atomic E-state index is 0.0867. The normalized spacial score (nSPS) is 18.0. The average molecular weight is 309 g/mol. The number of fused-ring (bicyclic) bond motifs is 1. The van der Waals surface area contributed by atoms with Crippen LogP contribution in [0.15, 0.2) is 23.0 Å². The van der Waals surface area contributed by atoms with E-state index in [4.69, 9.17) is 4.98 Å². The van der Waals surface area contributed by atoms with Crippen LogP contribution in [0.5, 0.6) is 0 Å². The van der Waals surface area contributed by atoms with Crippen molar-refractivity contribution >= 4 is 0 Å². The van der Waals surface area contributed by atoms with Gasteiger partial charge in [0.1, 0.15) is 5.82 Å². The van der Waals surface area contributed by atoms with Gasteiger partial charge in [0, 0.05) is 31.1 Å². The molecular weight excluding hydrogens is 286 g/mol. The van der Waals surface area contributed by atoms with Gasteiger partial charge in [-0.25, -0.2) is 4.98 Å². The van der Waals surface area contributed by atoms with Crippen molar-refractivity contribution < 1.29 is 0 Å². The van der Waals surface area contributed by atoms with E-state index in [-0.39, 0.29) is 5.56 Å². The summed E-state index contributed by atoms with van der Waals surface area (Å²) in [6.45, 7) is 7.00. The number of hydrogen-bond donors (Lipinski definition) is 1. The topological polar surface area (TPSA) is 49.0 Å². The van der Waals surface area contributed by atoms with E-state index in [1.165, 1.54) is 16.7 Å².